The molecule has 1 aromatic heterocycles. The molecule has 3 aromatic rings. The molecule has 3 N–H and O–H groups in total. The summed E-state index contributed by atoms with van der Waals surface area (Å²) in [4.78, 5) is 4.01. The molecule has 33 heavy (non-hydrogen) atoms. The maximum atomic E-state index is 14.8. The van der Waals surface area contributed by atoms with Crippen molar-refractivity contribution in [1.29, 1.82) is 0 Å². The third-order valence-electron chi connectivity index (χ3n) is 4.55. The molecule has 0 aliphatic carbocycles. The lowest BCUT2D eigenvalue weighted by molar-refractivity contribution is 0.569. The Morgan fingerprint density at radius 1 is 1.00 bits per heavy atom. The quantitative estimate of drug-likeness (QED) is 0.339. The summed E-state index contributed by atoms with van der Waals surface area (Å²) in [7, 11) is -4.25. The summed E-state index contributed by atoms with van der Waals surface area (Å²) in [5.41, 5.74) is 5.18. The number of nitrogens with zero attached hydrogens (tertiary/aromatic N) is 1. The van der Waals surface area contributed by atoms with Crippen LogP contribution >= 0.6 is 48.0 Å². The van der Waals surface area contributed by atoms with Gasteiger partial charge in [-0.05, 0) is 67.1 Å². The highest BCUT2D eigenvalue weighted by molar-refractivity contribution is 7.92. The second kappa shape index (κ2) is 12.7. The lowest BCUT2D eigenvalue weighted by Gasteiger charge is -2.21. The minimum atomic E-state index is -4.25. The Hall–Kier alpha value is -1.68. The van der Waals surface area contributed by atoms with Crippen molar-refractivity contribution in [2.45, 2.75) is 16.6 Å². The smallest absolute Gasteiger partial charge is 0.189 e. The molecule has 0 saturated heterocycles. The molecule has 0 aliphatic heterocycles. The van der Waals surface area contributed by atoms with E-state index in [-0.39, 0.29) is 45.9 Å². The van der Waals surface area contributed by atoms with Crippen LogP contribution in [0.2, 0.25) is 10.0 Å². The molecular formula is C21H21Cl4F2N3O2S. The van der Waals surface area contributed by atoms with Crippen LogP contribution in [-0.2, 0) is 9.84 Å². The fourth-order valence-electron chi connectivity index (χ4n) is 3.05. The number of sulfone groups is 1. The van der Waals surface area contributed by atoms with Gasteiger partial charge < -0.3 is 11.1 Å². The number of hydrogen-bond donors (Lipinski definition) is 2. The van der Waals surface area contributed by atoms with Crippen LogP contribution in [0.25, 0.3) is 0 Å². The number of halogens is 6. The monoisotopic (exact) mass is 557 g/mol. The molecule has 1 atom stereocenters. The van der Waals surface area contributed by atoms with Crippen molar-refractivity contribution in [2.24, 2.45) is 5.73 Å². The Bertz CT molecular complexity index is 1180. The Kier molecular flexibility index (Phi) is 11.3. The number of nitrogens with one attached hydrogen (secondary N) is 1. The van der Waals surface area contributed by atoms with Crippen LogP contribution in [0.1, 0.15) is 22.8 Å². The number of aromatic nitrogens is 1. The molecule has 0 spiro atoms. The van der Waals surface area contributed by atoms with E-state index in [0.29, 0.717) is 30.4 Å². The van der Waals surface area contributed by atoms with E-state index in [0.717, 1.165) is 18.2 Å². The number of rotatable bonds is 8. The summed E-state index contributed by atoms with van der Waals surface area (Å²) in [5, 5.41) is 1.73. The zero-order valence-electron chi connectivity index (χ0n) is 17.0. The van der Waals surface area contributed by atoms with Crippen molar-refractivity contribution in [3.63, 3.8) is 0 Å². The van der Waals surface area contributed by atoms with Crippen LogP contribution in [0.5, 0.6) is 0 Å². The molecule has 0 bridgehead atoms. The third-order valence-corrected chi connectivity index (χ3v) is 7.17. The normalized spacial score (nSPS) is 11.8. The van der Waals surface area contributed by atoms with Gasteiger partial charge in [0.15, 0.2) is 9.84 Å². The molecule has 1 unspecified atom stereocenters. The average molecular weight is 559 g/mol. The molecule has 0 fully saturated rings. The lowest BCUT2D eigenvalue weighted by atomic mass is 10.0. The highest BCUT2D eigenvalue weighted by Crippen LogP contribution is 2.40. The average Bonchev–Trinajstić information content (AvgIpc) is 2.73. The van der Waals surface area contributed by atoms with Crippen LogP contribution in [0, 0.1) is 11.6 Å². The summed E-state index contributed by atoms with van der Waals surface area (Å²) in [6.45, 7) is 0.947. The van der Waals surface area contributed by atoms with Gasteiger partial charge in [-0.15, -0.1) is 24.8 Å². The first-order valence-electron chi connectivity index (χ1n) is 9.28. The number of benzene rings is 2. The van der Waals surface area contributed by atoms with E-state index in [1.54, 1.807) is 0 Å². The summed E-state index contributed by atoms with van der Waals surface area (Å²) in [6.07, 6.45) is 1.92. The highest BCUT2D eigenvalue weighted by Gasteiger charge is 2.35. The topological polar surface area (TPSA) is 85.1 Å². The fourth-order valence-corrected chi connectivity index (χ4v) is 5.28. The number of hydrogen-bond acceptors (Lipinski definition) is 5. The van der Waals surface area contributed by atoms with Crippen molar-refractivity contribution < 1.29 is 17.2 Å². The molecule has 2 aromatic carbocycles. The molecule has 0 saturated carbocycles. The first-order valence-corrected chi connectivity index (χ1v) is 11.6. The molecule has 0 amide bonds. The number of anilines is 1. The van der Waals surface area contributed by atoms with Crippen LogP contribution in [0.15, 0.2) is 59.6 Å². The zero-order valence-corrected chi connectivity index (χ0v) is 20.9. The van der Waals surface area contributed by atoms with Gasteiger partial charge in [-0.25, -0.2) is 22.2 Å². The minimum Gasteiger partial charge on any atom is -0.370 e. The van der Waals surface area contributed by atoms with Crippen molar-refractivity contribution in [3.8, 4) is 0 Å². The largest absolute Gasteiger partial charge is 0.370 e. The van der Waals surface area contributed by atoms with Crippen molar-refractivity contribution >= 4 is 63.7 Å². The zero-order chi connectivity index (χ0) is 22.6. The van der Waals surface area contributed by atoms with E-state index >= 15 is 0 Å². The minimum absolute atomic E-state index is 0. The van der Waals surface area contributed by atoms with Gasteiger partial charge in [-0.2, -0.15) is 0 Å². The molecule has 12 heteroatoms. The van der Waals surface area contributed by atoms with Crippen LogP contribution in [0.4, 0.5) is 14.6 Å². The third kappa shape index (κ3) is 6.91. The Balaban J connectivity index is 0.00000272. The Labute approximate surface area is 213 Å². The van der Waals surface area contributed by atoms with E-state index in [4.69, 9.17) is 28.9 Å². The van der Waals surface area contributed by atoms with E-state index < -0.39 is 26.7 Å². The van der Waals surface area contributed by atoms with Gasteiger partial charge in [0.25, 0.3) is 0 Å². The molecule has 5 nitrogen and oxygen atoms in total. The van der Waals surface area contributed by atoms with Gasteiger partial charge in [0.1, 0.15) is 22.7 Å². The number of pyridine rings is 1. The predicted molar refractivity (Wildman–Crippen MR) is 133 cm³/mol. The molecule has 3 rings (SSSR count). The maximum Gasteiger partial charge on any atom is 0.189 e. The second-order valence-corrected chi connectivity index (χ2v) is 9.58. The molecular weight excluding hydrogens is 538 g/mol. The molecule has 0 aliphatic rings. The van der Waals surface area contributed by atoms with Gasteiger partial charge in [-0.1, -0.05) is 23.2 Å². The molecule has 0 radical (unpaired) electrons. The van der Waals surface area contributed by atoms with Crippen molar-refractivity contribution in [3.05, 3.63) is 87.5 Å². The van der Waals surface area contributed by atoms with Crippen LogP contribution in [-0.4, -0.2) is 26.5 Å². The standard InChI is InChI=1S/C21H19Cl2F2N3O2S.2ClH/c22-13-2-5-15(6-3-13)31(29,30)21(17-10-14(24)4-7-19(17)25)16-11-20(27-9-1-8-26)28-12-18(16)23;;/h2-7,10-12,21H,1,8-9,26H2,(H,27,28);2*1H. The second-order valence-electron chi connectivity index (χ2n) is 6.70. The van der Waals surface area contributed by atoms with Crippen molar-refractivity contribution in [2.75, 3.05) is 18.4 Å². The summed E-state index contributed by atoms with van der Waals surface area (Å²) in [6, 6.07) is 9.48. The Morgan fingerprint density at radius 3 is 2.30 bits per heavy atom. The van der Waals surface area contributed by atoms with Crippen LogP contribution in [0.3, 0.4) is 0 Å². The summed E-state index contributed by atoms with van der Waals surface area (Å²) >= 11 is 12.2. The van der Waals surface area contributed by atoms with Crippen molar-refractivity contribution in [1.82, 2.24) is 4.98 Å². The predicted octanol–water partition coefficient (Wildman–Crippen LogP) is 5.83. The molecule has 1 heterocycles. The van der Waals surface area contributed by atoms with Gasteiger partial charge in [-0.3, -0.25) is 0 Å². The number of nitrogens with two attached hydrogens (primary N) is 1. The lowest BCUT2D eigenvalue weighted by Crippen LogP contribution is -2.18. The summed E-state index contributed by atoms with van der Waals surface area (Å²) < 4.78 is 55.9. The summed E-state index contributed by atoms with van der Waals surface area (Å²) in [5.74, 6) is -1.32. The van der Waals surface area contributed by atoms with E-state index in [2.05, 4.69) is 10.3 Å². The van der Waals surface area contributed by atoms with Gasteiger partial charge in [0.2, 0.25) is 0 Å². The fraction of sp³-hybridized carbons (Fsp3) is 0.190. The van der Waals surface area contributed by atoms with E-state index in [1.165, 1.54) is 36.5 Å². The molecule has 180 valence electrons. The first-order chi connectivity index (χ1) is 14.7. The van der Waals surface area contributed by atoms with Gasteiger partial charge >= 0.3 is 0 Å². The highest BCUT2D eigenvalue weighted by atomic mass is 35.5. The van der Waals surface area contributed by atoms with Gasteiger partial charge in [0.05, 0.1) is 9.92 Å². The van der Waals surface area contributed by atoms with Crippen LogP contribution < -0.4 is 11.1 Å². The maximum absolute atomic E-state index is 14.8. The van der Waals surface area contributed by atoms with E-state index in [9.17, 15) is 17.2 Å². The Morgan fingerprint density at radius 2 is 1.67 bits per heavy atom. The first kappa shape index (κ1) is 29.4. The van der Waals surface area contributed by atoms with E-state index in [1.807, 2.05) is 0 Å². The van der Waals surface area contributed by atoms with Gasteiger partial charge in [0, 0.05) is 23.3 Å². The SMILES string of the molecule is Cl.Cl.NCCCNc1cc(C(c2cc(F)ccc2F)S(=O)(=O)c2ccc(Cl)cc2)c(Cl)cn1.